The summed E-state index contributed by atoms with van der Waals surface area (Å²) in [6.07, 6.45) is 1.17. The second kappa shape index (κ2) is 6.48. The molecular formula is C13H19BFNO3. The van der Waals surface area contributed by atoms with Gasteiger partial charge in [0.05, 0.1) is 12.7 Å². The van der Waals surface area contributed by atoms with E-state index in [-0.39, 0.29) is 11.6 Å². The van der Waals surface area contributed by atoms with Crippen LogP contribution in [-0.2, 0) is 11.3 Å². The summed E-state index contributed by atoms with van der Waals surface area (Å²) in [7, 11) is -1.64. The Morgan fingerprint density at radius 2 is 2.26 bits per heavy atom. The fraction of sp³-hybridized carbons (Fsp3) is 0.538. The van der Waals surface area contributed by atoms with E-state index in [2.05, 4.69) is 11.8 Å². The van der Waals surface area contributed by atoms with E-state index in [1.165, 1.54) is 12.1 Å². The first kappa shape index (κ1) is 14.5. The summed E-state index contributed by atoms with van der Waals surface area (Å²) < 4.78 is 18.7. The third-order valence-corrected chi connectivity index (χ3v) is 3.46. The maximum atomic E-state index is 13.1. The van der Waals surface area contributed by atoms with E-state index in [1.807, 2.05) is 0 Å². The van der Waals surface area contributed by atoms with Crippen LogP contribution < -0.4 is 5.46 Å². The van der Waals surface area contributed by atoms with E-state index in [1.54, 1.807) is 6.07 Å². The van der Waals surface area contributed by atoms with E-state index >= 15 is 0 Å². The molecule has 1 fully saturated rings. The molecule has 0 aliphatic carbocycles. The molecule has 1 aromatic carbocycles. The van der Waals surface area contributed by atoms with Gasteiger partial charge in [-0.25, -0.2) is 4.39 Å². The van der Waals surface area contributed by atoms with E-state index in [0.29, 0.717) is 13.2 Å². The summed E-state index contributed by atoms with van der Waals surface area (Å²) in [6.45, 7) is 4.95. The predicted molar refractivity (Wildman–Crippen MR) is 71.5 cm³/mol. The second-order valence-corrected chi connectivity index (χ2v) is 4.85. The molecular weight excluding hydrogens is 248 g/mol. The summed E-state index contributed by atoms with van der Waals surface area (Å²) in [5.74, 6) is -0.458. The van der Waals surface area contributed by atoms with E-state index < -0.39 is 12.9 Å². The Morgan fingerprint density at radius 3 is 2.95 bits per heavy atom. The molecule has 1 unspecified atom stereocenters. The fourth-order valence-electron chi connectivity index (χ4n) is 2.36. The fourth-order valence-corrected chi connectivity index (χ4v) is 2.36. The van der Waals surface area contributed by atoms with Crippen LogP contribution in [0.25, 0.3) is 0 Å². The molecule has 19 heavy (non-hydrogen) atoms. The molecule has 0 bridgehead atoms. The van der Waals surface area contributed by atoms with E-state index in [9.17, 15) is 14.4 Å². The van der Waals surface area contributed by atoms with Gasteiger partial charge in [0.2, 0.25) is 0 Å². The van der Waals surface area contributed by atoms with Crippen molar-refractivity contribution in [3.63, 3.8) is 0 Å². The molecule has 2 rings (SSSR count). The molecule has 1 atom stereocenters. The smallest absolute Gasteiger partial charge is 0.423 e. The Balaban J connectivity index is 2.10. The lowest BCUT2D eigenvalue weighted by atomic mass is 9.77. The highest BCUT2D eigenvalue weighted by molar-refractivity contribution is 6.59. The number of hydrogen-bond acceptors (Lipinski definition) is 4. The van der Waals surface area contributed by atoms with Crippen LogP contribution in [0.3, 0.4) is 0 Å². The molecule has 1 aliphatic rings. The van der Waals surface area contributed by atoms with Gasteiger partial charge in [-0.15, -0.1) is 0 Å². The maximum Gasteiger partial charge on any atom is 0.488 e. The van der Waals surface area contributed by atoms with E-state index in [0.717, 1.165) is 25.1 Å². The van der Waals surface area contributed by atoms with E-state index in [4.69, 9.17) is 4.74 Å². The quantitative estimate of drug-likeness (QED) is 0.761. The molecule has 2 N–H and O–H groups in total. The van der Waals surface area contributed by atoms with Crippen molar-refractivity contribution >= 4 is 12.6 Å². The number of morpholine rings is 1. The minimum atomic E-state index is -1.64. The Kier molecular flexibility index (Phi) is 4.93. The van der Waals surface area contributed by atoms with Gasteiger partial charge in [0.25, 0.3) is 0 Å². The maximum absolute atomic E-state index is 13.1. The molecule has 0 radical (unpaired) electrons. The third kappa shape index (κ3) is 3.76. The molecule has 1 aromatic rings. The normalized spacial score (nSPS) is 20.5. The minimum absolute atomic E-state index is 0.219. The number of benzene rings is 1. The predicted octanol–water partition coefficient (Wildman–Crippen LogP) is 0.116. The first-order valence-electron chi connectivity index (χ1n) is 6.58. The number of halogens is 1. The van der Waals surface area contributed by atoms with Gasteiger partial charge >= 0.3 is 7.12 Å². The van der Waals surface area contributed by atoms with Crippen LogP contribution in [0.15, 0.2) is 18.2 Å². The summed E-state index contributed by atoms with van der Waals surface area (Å²) in [4.78, 5) is 2.19. The van der Waals surface area contributed by atoms with Gasteiger partial charge in [-0.2, -0.15) is 0 Å². The molecule has 6 heteroatoms. The summed E-state index contributed by atoms with van der Waals surface area (Å²) in [5.41, 5.74) is 0.979. The highest BCUT2D eigenvalue weighted by atomic mass is 19.1. The lowest BCUT2D eigenvalue weighted by Gasteiger charge is -2.32. The molecule has 4 nitrogen and oxygen atoms in total. The average molecular weight is 267 g/mol. The van der Waals surface area contributed by atoms with Crippen LogP contribution in [-0.4, -0.2) is 47.9 Å². The lowest BCUT2D eigenvalue weighted by molar-refractivity contribution is -0.0324. The topological polar surface area (TPSA) is 52.9 Å². The highest BCUT2D eigenvalue weighted by Crippen LogP contribution is 2.12. The van der Waals surface area contributed by atoms with Gasteiger partial charge in [-0.05, 0) is 29.6 Å². The van der Waals surface area contributed by atoms with Crippen molar-refractivity contribution < 1.29 is 19.2 Å². The van der Waals surface area contributed by atoms with Crippen LogP contribution in [0.1, 0.15) is 18.9 Å². The summed E-state index contributed by atoms with van der Waals surface area (Å²) in [6, 6.07) is 4.14. The van der Waals surface area contributed by atoms with Gasteiger partial charge in [0.15, 0.2) is 0 Å². The van der Waals surface area contributed by atoms with Crippen molar-refractivity contribution in [1.82, 2.24) is 4.90 Å². The first-order chi connectivity index (χ1) is 9.10. The zero-order valence-corrected chi connectivity index (χ0v) is 11.1. The van der Waals surface area contributed by atoms with Crippen molar-refractivity contribution in [2.75, 3.05) is 19.7 Å². The monoisotopic (exact) mass is 267 g/mol. The SMILES string of the molecule is CCC1CN(Cc2ccc(F)cc2B(O)O)CCO1. The second-order valence-electron chi connectivity index (χ2n) is 4.85. The molecule has 1 aliphatic heterocycles. The standard InChI is InChI=1S/C13H19BFNO3/c1-2-12-9-16(5-6-19-12)8-10-3-4-11(15)7-13(10)14(17)18/h3-4,7,12,17-18H,2,5-6,8-9H2,1H3. The first-order valence-corrected chi connectivity index (χ1v) is 6.58. The van der Waals surface area contributed by atoms with Gasteiger partial charge < -0.3 is 14.8 Å². The number of ether oxygens (including phenoxy) is 1. The van der Waals surface area contributed by atoms with Crippen molar-refractivity contribution in [2.45, 2.75) is 26.0 Å². The van der Waals surface area contributed by atoms with Crippen LogP contribution in [0.5, 0.6) is 0 Å². The molecule has 104 valence electrons. The Morgan fingerprint density at radius 1 is 1.47 bits per heavy atom. The minimum Gasteiger partial charge on any atom is -0.423 e. The summed E-state index contributed by atoms with van der Waals surface area (Å²) in [5, 5.41) is 18.6. The molecule has 0 amide bonds. The summed E-state index contributed by atoms with van der Waals surface area (Å²) >= 11 is 0. The molecule has 1 saturated heterocycles. The Labute approximate surface area is 113 Å². The van der Waals surface area contributed by atoms with Crippen molar-refractivity contribution in [2.24, 2.45) is 0 Å². The van der Waals surface area contributed by atoms with Crippen molar-refractivity contribution in [3.05, 3.63) is 29.6 Å². The van der Waals surface area contributed by atoms with Crippen molar-refractivity contribution in [3.8, 4) is 0 Å². The van der Waals surface area contributed by atoms with Gasteiger partial charge in [-0.3, -0.25) is 4.90 Å². The van der Waals surface area contributed by atoms with Crippen LogP contribution in [0.4, 0.5) is 4.39 Å². The number of nitrogens with zero attached hydrogens (tertiary/aromatic N) is 1. The van der Waals surface area contributed by atoms with Crippen LogP contribution in [0, 0.1) is 5.82 Å². The zero-order chi connectivity index (χ0) is 13.8. The number of rotatable bonds is 4. The highest BCUT2D eigenvalue weighted by Gasteiger charge is 2.22. The zero-order valence-electron chi connectivity index (χ0n) is 11.1. The largest absolute Gasteiger partial charge is 0.488 e. The Bertz CT molecular complexity index is 430. The van der Waals surface area contributed by atoms with Gasteiger partial charge in [-0.1, -0.05) is 13.0 Å². The van der Waals surface area contributed by atoms with Gasteiger partial charge in [0.1, 0.15) is 5.82 Å². The van der Waals surface area contributed by atoms with Gasteiger partial charge in [0, 0.05) is 19.6 Å². The van der Waals surface area contributed by atoms with Crippen LogP contribution >= 0.6 is 0 Å². The molecule has 0 saturated carbocycles. The molecule has 0 aromatic heterocycles. The lowest BCUT2D eigenvalue weighted by Crippen LogP contribution is -2.43. The number of hydrogen-bond donors (Lipinski definition) is 2. The third-order valence-electron chi connectivity index (χ3n) is 3.46. The van der Waals surface area contributed by atoms with Crippen molar-refractivity contribution in [1.29, 1.82) is 0 Å². The molecule has 1 heterocycles. The average Bonchev–Trinajstić information content (AvgIpc) is 2.41. The Hall–Kier alpha value is -0.945. The molecule has 0 spiro atoms. The van der Waals surface area contributed by atoms with Crippen LogP contribution in [0.2, 0.25) is 0 Å².